The monoisotopic (exact) mass is 1780 g/mol. The van der Waals surface area contributed by atoms with E-state index in [1.54, 1.807) is 31.5 Å². The maximum absolute atomic E-state index is 14.7. The molecular weight excluding hydrogens is 1720 g/mol. The molecule has 4 saturated heterocycles. The number of amides is 4. The van der Waals surface area contributed by atoms with Gasteiger partial charge in [0.25, 0.3) is 12.3 Å². The van der Waals surface area contributed by atoms with Crippen molar-refractivity contribution in [3.63, 3.8) is 0 Å². The van der Waals surface area contributed by atoms with Gasteiger partial charge in [0.2, 0.25) is 23.6 Å². The van der Waals surface area contributed by atoms with Crippen molar-refractivity contribution in [3.8, 4) is 57.7 Å². The second kappa shape index (κ2) is 36.7. The van der Waals surface area contributed by atoms with E-state index in [0.29, 0.717) is 90.2 Å². The highest BCUT2D eigenvalue weighted by molar-refractivity contribution is 6.31. The molecule has 0 spiro atoms. The van der Waals surface area contributed by atoms with Crippen LogP contribution >= 0.6 is 23.2 Å². The van der Waals surface area contributed by atoms with E-state index >= 15 is 0 Å². The normalized spacial score (nSPS) is 18.7. The van der Waals surface area contributed by atoms with Gasteiger partial charge in [0.05, 0.1) is 72.5 Å². The first-order valence-corrected chi connectivity index (χ1v) is 37.7. The number of H-pyrrole nitrogens is 4. The minimum atomic E-state index is -4.76. The lowest BCUT2D eigenvalue weighted by Gasteiger charge is -2.29. The maximum Gasteiger partial charge on any atom is 0.405 e. The Morgan fingerprint density at radius 1 is 0.484 bits per heavy atom. The topological polar surface area (TPSA) is 395 Å². The molecule has 4 fully saturated rings. The summed E-state index contributed by atoms with van der Waals surface area (Å²) >= 11 is 12.1. The third-order valence-electron chi connectivity index (χ3n) is 19.8. The van der Waals surface area contributed by atoms with E-state index in [0.717, 1.165) is 37.1 Å². The van der Waals surface area contributed by atoms with Gasteiger partial charge in [-0.3, -0.25) is 19.2 Å². The quantitative estimate of drug-likeness (QED) is 0.0370. The van der Waals surface area contributed by atoms with Gasteiger partial charge in [0, 0.05) is 100.0 Å². The number of alkyl halides is 11. The van der Waals surface area contributed by atoms with Crippen molar-refractivity contribution in [2.75, 3.05) is 59.0 Å². The molecule has 0 radical (unpaired) electrons. The van der Waals surface area contributed by atoms with E-state index in [4.69, 9.17) is 23.2 Å². The summed E-state index contributed by atoms with van der Waals surface area (Å²) in [6.07, 6.45) is 3.19. The fraction of sp³-hybridized carbons (Fsp3) is 0.333. The Morgan fingerprint density at radius 3 is 1.23 bits per heavy atom. The van der Waals surface area contributed by atoms with E-state index < -0.39 is 165 Å². The molecule has 4 amide bonds. The van der Waals surface area contributed by atoms with Gasteiger partial charge in [-0.1, -0.05) is 23.2 Å². The highest BCUT2D eigenvalue weighted by Gasteiger charge is 2.51. The highest BCUT2D eigenvalue weighted by atomic mass is 35.5. The fourth-order valence-corrected chi connectivity index (χ4v) is 14.7. The third kappa shape index (κ3) is 19.7. The minimum Gasteiger partial charge on any atom is -0.352 e. The average Bonchev–Trinajstić information content (AvgIpc) is 1.62. The van der Waals surface area contributed by atoms with Crippen LogP contribution in [0.15, 0.2) is 98.6 Å². The molecule has 12 aromatic rings. The van der Waals surface area contributed by atoms with Crippen LogP contribution in [0.25, 0.3) is 89.7 Å². The summed E-state index contributed by atoms with van der Waals surface area (Å²) in [5.74, 6) is -12.9. The predicted molar refractivity (Wildman–Crippen MR) is 410 cm³/mol. The number of carbonyl (C=O) groups is 4. The molecule has 16 rings (SSSR count). The summed E-state index contributed by atoms with van der Waals surface area (Å²) in [6.45, 7) is -4.33. The molecule has 7 atom stereocenters. The van der Waals surface area contributed by atoms with E-state index in [9.17, 15) is 104 Å². The molecule has 0 bridgehead atoms. The molecule has 0 saturated carbocycles. The van der Waals surface area contributed by atoms with Crippen LogP contribution in [-0.4, -0.2) is 210 Å². The summed E-state index contributed by atoms with van der Waals surface area (Å²) in [5.41, 5.74) is 3.31. The van der Waals surface area contributed by atoms with Crippen molar-refractivity contribution in [2.45, 2.75) is 119 Å². The van der Waals surface area contributed by atoms with Crippen molar-refractivity contribution in [3.05, 3.63) is 144 Å². The Hall–Kier alpha value is -13.5. The molecule has 4 aliphatic rings. The Balaban J connectivity index is 0.000000142. The predicted octanol–water partition coefficient (Wildman–Crippen LogP) is 12.3. The van der Waals surface area contributed by atoms with Gasteiger partial charge in [0.15, 0.2) is 69.8 Å². The molecule has 30 nitrogen and oxygen atoms in total. The second-order valence-corrected chi connectivity index (χ2v) is 29.0. The number of rotatable bonds is 18. The standard InChI is InChI=1S/C19H15ClF3N7O.C19H16ClF2N7O.C19H17F5N6O.C18H13F7N6O/c20-9-3-11-12(6-26-16(11)25-5-9)17-27-7-13(21)18(29-17)30-10(4-24)1-2-14(30)19(31)28-8-15(22)23;20-10-5-12-13(8-26-16(12)25-7-10)17-27-9-14(22)18(28-17)29-11(6-23)1-2-15(29)19(30)24-4-3-21;1-9-2-3-14(18(31)28-8-19(22,23)24)30(9)17-13(21)7-27-16(29-17)12-6-26-15-11(12)4-10(20)5-25-15;19-8-1-9-10(4-27-13(9)26-3-8)14-28-5-11(20)15(30-14)31-7-17(21,22)2-12(31)16(32)29-6-18(23,24)25/h3,5-7,10,14-15H,1-2,8H2,(H,25,26)(H,28,31);5,7-9,11,15H,1-4H2,(H,24,30)(H,25,26);4-7,9,14H,2-3,8H2,1H3,(H,25,26)(H,28,31);1,3-5,12H,2,6-7H2,(H,26,27)(H,29,32)/t10-,14+;11-,15+;9-,14+;12-/m0001/s1. The van der Waals surface area contributed by atoms with Crippen LogP contribution in [0.2, 0.25) is 10.0 Å². The molecule has 0 aromatic carbocycles. The number of anilines is 4. The minimum absolute atomic E-state index is 0.0589. The van der Waals surface area contributed by atoms with Crippen LogP contribution in [0.4, 0.5) is 97.9 Å². The number of nitrogens with zero attached hydrogens (tertiary/aromatic N) is 18. The smallest absolute Gasteiger partial charge is 0.352 e. The number of nitriles is 2. The summed E-state index contributed by atoms with van der Waals surface area (Å²) in [7, 11) is 0. The van der Waals surface area contributed by atoms with Gasteiger partial charge in [0.1, 0.15) is 90.2 Å². The number of aromatic amines is 4. The number of pyridine rings is 4. The molecular formula is C75H61Cl2F17N26O4. The zero-order chi connectivity index (χ0) is 89.0. The number of aromatic nitrogens is 16. The lowest BCUT2D eigenvalue weighted by Crippen LogP contribution is -2.48. The van der Waals surface area contributed by atoms with Crippen LogP contribution < -0.4 is 40.9 Å². The zero-order valence-corrected chi connectivity index (χ0v) is 64.9. The molecule has 0 unspecified atom stereocenters. The summed E-state index contributed by atoms with van der Waals surface area (Å²) in [4.78, 5) is 114. The average molecular weight is 1780 g/mol. The van der Waals surface area contributed by atoms with Crippen LogP contribution in [-0.2, 0) is 19.2 Å². The number of carbonyl (C=O) groups excluding carboxylic acids is 4. The third-order valence-corrected chi connectivity index (χ3v) is 20.2. The summed E-state index contributed by atoms with van der Waals surface area (Å²) < 4.78 is 226. The molecule has 124 heavy (non-hydrogen) atoms. The molecule has 12 aromatic heterocycles. The first-order chi connectivity index (χ1) is 59.0. The molecule has 8 N–H and O–H groups in total. The van der Waals surface area contributed by atoms with Crippen LogP contribution in [0, 0.1) is 57.6 Å². The Labute approximate surface area is 695 Å². The van der Waals surface area contributed by atoms with Crippen LogP contribution in [0.5, 0.6) is 0 Å². The fourth-order valence-electron chi connectivity index (χ4n) is 14.4. The van der Waals surface area contributed by atoms with E-state index in [2.05, 4.69) is 96.4 Å². The van der Waals surface area contributed by atoms with Gasteiger partial charge in [-0.25, -0.2) is 108 Å². The van der Waals surface area contributed by atoms with Crippen molar-refractivity contribution in [1.82, 2.24) is 101 Å². The van der Waals surface area contributed by atoms with Crippen molar-refractivity contribution in [1.29, 1.82) is 10.5 Å². The largest absolute Gasteiger partial charge is 0.405 e. The van der Waals surface area contributed by atoms with Crippen LogP contribution in [0.1, 0.15) is 51.9 Å². The SMILES string of the molecule is C[C@H]1CC[C@H](C(=O)NCC(F)(F)F)N1c1nc(-c2c[nH]c3ncc(F)cc23)ncc1F.N#C[C@@H]1CC[C@H](C(=O)NCC(F)F)N1c1nc(-c2c[nH]c3ncc(Cl)cc23)ncc1F.N#C[C@@H]1CC[C@H](C(=O)NCCF)N1c1nc(-c2c[nH]c3ncc(Cl)cc23)ncc1F.O=C(NCC(F)(F)F)[C@H]1CC(F)(F)CN1c1nc(-c2c[nH]c3ncc(F)cc23)ncc1F. The number of hydrogen-bond acceptors (Lipinski definition) is 22. The lowest BCUT2D eigenvalue weighted by atomic mass is 10.1. The first-order valence-electron chi connectivity index (χ1n) is 37.0. The molecule has 49 heteroatoms. The Kier molecular flexibility index (Phi) is 26.1. The van der Waals surface area contributed by atoms with Gasteiger partial charge in [-0.15, -0.1) is 0 Å². The van der Waals surface area contributed by atoms with Crippen LogP contribution in [0.3, 0.4) is 0 Å². The van der Waals surface area contributed by atoms with Gasteiger partial charge < -0.3 is 60.8 Å². The Bertz CT molecular complexity index is 6090. The highest BCUT2D eigenvalue weighted by Crippen LogP contribution is 2.41. The lowest BCUT2D eigenvalue weighted by molar-refractivity contribution is -0.139. The summed E-state index contributed by atoms with van der Waals surface area (Å²) in [6, 6.07) is 3.16. The summed E-state index contributed by atoms with van der Waals surface area (Å²) in [5, 5.41) is 29.6. The van der Waals surface area contributed by atoms with Crippen molar-refractivity contribution < 1.29 is 93.8 Å². The Morgan fingerprint density at radius 2 is 0.831 bits per heavy atom. The molecule has 16 heterocycles. The van der Waals surface area contributed by atoms with Gasteiger partial charge in [-0.05, 0) is 69.7 Å². The molecule has 0 aliphatic carbocycles. The van der Waals surface area contributed by atoms with Crippen molar-refractivity contribution in [2.24, 2.45) is 0 Å². The number of nitrogens with one attached hydrogen (secondary N) is 8. The van der Waals surface area contributed by atoms with E-state index in [1.807, 2.05) is 11.4 Å². The van der Waals surface area contributed by atoms with Crippen molar-refractivity contribution >= 4 is 114 Å². The van der Waals surface area contributed by atoms with E-state index in [-0.39, 0.29) is 89.2 Å². The first kappa shape index (κ1) is 88.3. The van der Waals surface area contributed by atoms with E-state index in [1.165, 1.54) is 50.9 Å². The maximum atomic E-state index is 14.7. The number of fused-ring (bicyclic) bond motifs is 4. The number of hydrogen-bond donors (Lipinski definition) is 8. The van der Waals surface area contributed by atoms with Gasteiger partial charge >= 0.3 is 12.4 Å². The van der Waals surface area contributed by atoms with Gasteiger partial charge in [-0.2, -0.15) is 36.9 Å². The second-order valence-electron chi connectivity index (χ2n) is 28.1. The molecule has 4 aliphatic heterocycles. The zero-order valence-electron chi connectivity index (χ0n) is 63.4. The number of halogens is 19. The molecule has 648 valence electrons.